The van der Waals surface area contributed by atoms with Crippen LogP contribution in [0.5, 0.6) is 5.75 Å². The van der Waals surface area contributed by atoms with Crippen LogP contribution in [0.2, 0.25) is 0 Å². The third-order valence-electron chi connectivity index (χ3n) is 4.76. The lowest BCUT2D eigenvalue weighted by Crippen LogP contribution is -2.52. The van der Waals surface area contributed by atoms with Crippen molar-refractivity contribution in [2.75, 3.05) is 13.1 Å². The fourth-order valence-corrected chi connectivity index (χ4v) is 3.38. The van der Waals surface area contributed by atoms with Gasteiger partial charge in [-0.05, 0) is 32.4 Å². The highest BCUT2D eigenvalue weighted by Crippen LogP contribution is 2.47. The Morgan fingerprint density at radius 1 is 1.32 bits per heavy atom. The molecule has 2 N–H and O–H groups in total. The molecule has 2 aliphatic heterocycles. The average Bonchev–Trinajstić information content (AvgIpc) is 2.63. The monoisotopic (exact) mass is 260 g/mol. The molecule has 2 heterocycles. The van der Waals surface area contributed by atoms with Crippen molar-refractivity contribution < 1.29 is 4.74 Å². The van der Waals surface area contributed by atoms with E-state index in [-0.39, 0.29) is 11.6 Å². The Balaban J connectivity index is 1.82. The molecule has 3 nitrogen and oxygen atoms in total. The number of ether oxygens (including phenoxy) is 1. The van der Waals surface area contributed by atoms with Crippen LogP contribution in [0, 0.1) is 6.92 Å². The van der Waals surface area contributed by atoms with E-state index in [1.54, 1.807) is 0 Å². The molecule has 0 unspecified atom stereocenters. The zero-order valence-electron chi connectivity index (χ0n) is 12.1. The average molecular weight is 260 g/mol. The molecule has 0 aliphatic carbocycles. The number of benzene rings is 1. The molecule has 2 aliphatic rings. The Kier molecular flexibility index (Phi) is 3.06. The maximum atomic E-state index is 6.48. The minimum absolute atomic E-state index is 0.0254. The van der Waals surface area contributed by atoms with Gasteiger partial charge in [-0.1, -0.05) is 12.1 Å². The quantitative estimate of drug-likeness (QED) is 0.843. The highest BCUT2D eigenvalue weighted by atomic mass is 16.5. The Morgan fingerprint density at radius 2 is 2.00 bits per heavy atom. The second-order valence-electron chi connectivity index (χ2n) is 6.32. The van der Waals surface area contributed by atoms with Crippen molar-refractivity contribution >= 4 is 0 Å². The molecule has 1 aromatic carbocycles. The largest absolute Gasteiger partial charge is 0.485 e. The standard InChI is InChI=1S/C16H24N2O/c1-11(2)18-8-6-16(7-9-18)15(17)13-5-4-12(3)10-14(13)19-16/h4-5,10-11,15H,6-9,17H2,1-3H3/t15-/m1/s1. The molecule has 1 spiro atoms. The summed E-state index contributed by atoms with van der Waals surface area (Å²) in [5.41, 5.74) is 8.74. The van der Waals surface area contributed by atoms with E-state index in [1.807, 2.05) is 0 Å². The number of likely N-dealkylation sites (tertiary alicyclic amines) is 1. The zero-order valence-corrected chi connectivity index (χ0v) is 12.1. The summed E-state index contributed by atoms with van der Waals surface area (Å²) in [6, 6.07) is 7.03. The van der Waals surface area contributed by atoms with Crippen molar-refractivity contribution in [3.8, 4) is 5.75 Å². The summed E-state index contributed by atoms with van der Waals surface area (Å²) in [5, 5.41) is 0. The van der Waals surface area contributed by atoms with Gasteiger partial charge in [0.05, 0.1) is 6.04 Å². The normalized spacial score (nSPS) is 25.6. The van der Waals surface area contributed by atoms with Crippen molar-refractivity contribution in [3.63, 3.8) is 0 Å². The smallest absolute Gasteiger partial charge is 0.131 e. The SMILES string of the molecule is Cc1ccc2c(c1)OC1(CCN(C(C)C)CC1)[C@@H]2N. The fraction of sp³-hybridized carbons (Fsp3) is 0.625. The van der Waals surface area contributed by atoms with Crippen LogP contribution >= 0.6 is 0 Å². The van der Waals surface area contributed by atoms with E-state index < -0.39 is 0 Å². The molecule has 1 saturated heterocycles. The lowest BCUT2D eigenvalue weighted by atomic mass is 9.83. The van der Waals surface area contributed by atoms with E-state index in [0.717, 1.165) is 31.7 Å². The summed E-state index contributed by atoms with van der Waals surface area (Å²) in [6.07, 6.45) is 2.06. The molecule has 1 atom stereocenters. The number of nitrogens with two attached hydrogens (primary N) is 1. The Hall–Kier alpha value is -1.06. The molecule has 0 bridgehead atoms. The molecular weight excluding hydrogens is 236 g/mol. The molecule has 0 amide bonds. The van der Waals surface area contributed by atoms with Gasteiger partial charge in [0.15, 0.2) is 0 Å². The van der Waals surface area contributed by atoms with Crippen LogP contribution < -0.4 is 10.5 Å². The van der Waals surface area contributed by atoms with Crippen LogP contribution in [0.4, 0.5) is 0 Å². The lowest BCUT2D eigenvalue weighted by Gasteiger charge is -2.42. The second kappa shape index (κ2) is 4.50. The minimum Gasteiger partial charge on any atom is -0.485 e. The molecule has 19 heavy (non-hydrogen) atoms. The van der Waals surface area contributed by atoms with Crippen LogP contribution in [0.25, 0.3) is 0 Å². The van der Waals surface area contributed by atoms with Crippen LogP contribution in [-0.4, -0.2) is 29.6 Å². The van der Waals surface area contributed by atoms with Gasteiger partial charge in [-0.2, -0.15) is 0 Å². The zero-order chi connectivity index (χ0) is 13.6. The Morgan fingerprint density at radius 3 is 2.63 bits per heavy atom. The summed E-state index contributed by atoms with van der Waals surface area (Å²) < 4.78 is 6.30. The van der Waals surface area contributed by atoms with E-state index in [0.29, 0.717) is 6.04 Å². The van der Waals surface area contributed by atoms with Crippen molar-refractivity contribution in [1.82, 2.24) is 4.90 Å². The van der Waals surface area contributed by atoms with Gasteiger partial charge < -0.3 is 15.4 Å². The molecule has 0 saturated carbocycles. The van der Waals surface area contributed by atoms with Gasteiger partial charge in [0.25, 0.3) is 0 Å². The minimum atomic E-state index is -0.165. The number of hydrogen-bond donors (Lipinski definition) is 1. The molecule has 1 fully saturated rings. The molecule has 3 rings (SSSR count). The first-order chi connectivity index (χ1) is 9.02. The van der Waals surface area contributed by atoms with Gasteiger partial charge >= 0.3 is 0 Å². The molecule has 0 aromatic heterocycles. The van der Waals surface area contributed by atoms with Crippen molar-refractivity contribution in [2.45, 2.75) is 51.3 Å². The third kappa shape index (κ3) is 2.05. The maximum absolute atomic E-state index is 6.48. The Labute approximate surface area is 115 Å². The summed E-state index contributed by atoms with van der Waals surface area (Å²) in [6.45, 7) is 8.77. The fourth-order valence-electron chi connectivity index (χ4n) is 3.38. The van der Waals surface area contributed by atoms with E-state index >= 15 is 0 Å². The van der Waals surface area contributed by atoms with Gasteiger partial charge in [0.2, 0.25) is 0 Å². The predicted molar refractivity (Wildman–Crippen MR) is 77.4 cm³/mol. The molecule has 1 aromatic rings. The number of fused-ring (bicyclic) bond motifs is 1. The first-order valence-corrected chi connectivity index (χ1v) is 7.31. The number of piperidine rings is 1. The highest BCUT2D eigenvalue weighted by Gasteiger charge is 2.48. The maximum Gasteiger partial charge on any atom is 0.131 e. The van der Waals surface area contributed by atoms with Gasteiger partial charge in [0.1, 0.15) is 11.4 Å². The number of nitrogens with zero attached hydrogens (tertiary/aromatic N) is 1. The lowest BCUT2D eigenvalue weighted by molar-refractivity contribution is -0.00692. The molecule has 104 valence electrons. The highest BCUT2D eigenvalue weighted by molar-refractivity contribution is 5.45. The van der Waals surface area contributed by atoms with Gasteiger partial charge in [-0.3, -0.25) is 0 Å². The molecule has 0 radical (unpaired) electrons. The van der Waals surface area contributed by atoms with Gasteiger partial charge in [-0.25, -0.2) is 0 Å². The van der Waals surface area contributed by atoms with E-state index in [9.17, 15) is 0 Å². The number of hydrogen-bond acceptors (Lipinski definition) is 3. The van der Waals surface area contributed by atoms with Gasteiger partial charge in [0, 0.05) is 37.5 Å². The third-order valence-corrected chi connectivity index (χ3v) is 4.76. The summed E-state index contributed by atoms with van der Waals surface area (Å²) in [7, 11) is 0. The second-order valence-corrected chi connectivity index (χ2v) is 6.32. The number of aryl methyl sites for hydroxylation is 1. The summed E-state index contributed by atoms with van der Waals surface area (Å²) in [5.74, 6) is 1.01. The Bertz CT molecular complexity index is 476. The van der Waals surface area contributed by atoms with Crippen LogP contribution in [0.1, 0.15) is 43.9 Å². The van der Waals surface area contributed by atoms with Crippen LogP contribution in [0.15, 0.2) is 18.2 Å². The van der Waals surface area contributed by atoms with Gasteiger partial charge in [-0.15, -0.1) is 0 Å². The topological polar surface area (TPSA) is 38.5 Å². The van der Waals surface area contributed by atoms with Crippen molar-refractivity contribution in [2.24, 2.45) is 5.73 Å². The molecule has 3 heteroatoms. The number of rotatable bonds is 1. The van der Waals surface area contributed by atoms with Crippen LogP contribution in [-0.2, 0) is 0 Å². The van der Waals surface area contributed by atoms with E-state index in [1.165, 1.54) is 11.1 Å². The first-order valence-electron chi connectivity index (χ1n) is 7.31. The summed E-state index contributed by atoms with van der Waals surface area (Å²) in [4.78, 5) is 2.51. The van der Waals surface area contributed by atoms with Crippen LogP contribution in [0.3, 0.4) is 0 Å². The van der Waals surface area contributed by atoms with Crippen molar-refractivity contribution in [3.05, 3.63) is 29.3 Å². The van der Waals surface area contributed by atoms with E-state index in [4.69, 9.17) is 10.5 Å². The molecular formula is C16H24N2O. The van der Waals surface area contributed by atoms with E-state index in [2.05, 4.69) is 43.9 Å². The summed E-state index contributed by atoms with van der Waals surface area (Å²) >= 11 is 0. The van der Waals surface area contributed by atoms with Crippen molar-refractivity contribution in [1.29, 1.82) is 0 Å². The first kappa shape index (κ1) is 12.9. The predicted octanol–water partition coefficient (Wildman–Crippen LogP) is 2.63.